The number of hydrogen-bond donors (Lipinski definition) is 1. The number of unbranched alkanes of at least 4 members (excludes halogenated alkanes) is 24. The maximum atomic E-state index is 12.2. The van der Waals surface area contributed by atoms with E-state index in [1.165, 1.54) is 128 Å². The molecule has 2 atom stereocenters. The van der Waals surface area contributed by atoms with Gasteiger partial charge in [-0.2, -0.15) is 0 Å². The summed E-state index contributed by atoms with van der Waals surface area (Å²) in [4.78, 5) is 24.3. The molecule has 0 bridgehead atoms. The summed E-state index contributed by atoms with van der Waals surface area (Å²) in [6.07, 6.45) is 31.6. The van der Waals surface area contributed by atoms with Gasteiger partial charge >= 0.3 is 11.9 Å². The highest BCUT2D eigenvalue weighted by atomic mass is 16.6. The number of aliphatic hydroxyl groups excluding tert-OH is 1. The van der Waals surface area contributed by atoms with E-state index in [2.05, 4.69) is 13.8 Å². The molecule has 0 heterocycles. The monoisotopic (exact) mass is 570 g/mol. The van der Waals surface area contributed by atoms with Crippen LogP contribution in [0.15, 0.2) is 0 Å². The van der Waals surface area contributed by atoms with E-state index in [-0.39, 0.29) is 12.8 Å². The predicted molar refractivity (Wildman–Crippen MR) is 169 cm³/mol. The molecule has 40 heavy (non-hydrogen) atoms. The zero-order valence-electron chi connectivity index (χ0n) is 27.7. The minimum Gasteiger partial charge on any atom is -0.462 e. The normalized spacial score (nSPS) is 13.1. The van der Waals surface area contributed by atoms with E-state index in [0.29, 0.717) is 0 Å². The summed E-state index contributed by atoms with van der Waals surface area (Å²) in [6.45, 7) is 2.60. The van der Waals surface area contributed by atoms with Crippen LogP contribution in [-0.2, 0) is 19.1 Å². The molecule has 0 radical (unpaired) electrons. The summed E-state index contributed by atoms with van der Waals surface area (Å²) in [7, 11) is 0. The van der Waals surface area contributed by atoms with E-state index in [4.69, 9.17) is 10.8 Å². The Labute approximate surface area is 250 Å². The number of hydrogen-bond acceptors (Lipinski definition) is 5. The van der Waals surface area contributed by atoms with Gasteiger partial charge in [0.1, 0.15) is 6.58 Å². The quantitative estimate of drug-likeness (QED) is 0.0644. The van der Waals surface area contributed by atoms with Gasteiger partial charge in [-0.3, -0.25) is 9.59 Å². The van der Waals surface area contributed by atoms with Crippen LogP contribution in [0.4, 0.5) is 0 Å². The molecule has 0 aliphatic rings. The fourth-order valence-corrected chi connectivity index (χ4v) is 5.12. The van der Waals surface area contributed by atoms with E-state index in [9.17, 15) is 14.7 Å². The highest BCUT2D eigenvalue weighted by Crippen LogP contribution is 2.15. The van der Waals surface area contributed by atoms with E-state index in [1.807, 2.05) is 0 Å². The number of rotatable bonds is 32. The summed E-state index contributed by atoms with van der Waals surface area (Å²) in [5, 5.41) is 9.55. The first-order chi connectivity index (χ1) is 20.0. The highest BCUT2D eigenvalue weighted by molar-refractivity contribution is 5.70. The van der Waals surface area contributed by atoms with Crippen LogP contribution in [0, 0.1) is 0 Å². The third kappa shape index (κ3) is 29.9. The summed E-state index contributed by atoms with van der Waals surface area (Å²) < 4.78 is 18.4. The summed E-state index contributed by atoms with van der Waals surface area (Å²) in [5.74, 6) is -0.893. The van der Waals surface area contributed by atoms with Gasteiger partial charge < -0.3 is 14.6 Å². The number of aliphatic hydroxyl groups is 1. The first kappa shape index (κ1) is 36.9. The Kier molecular flexibility index (Phi) is 29.9. The lowest BCUT2D eigenvalue weighted by molar-refractivity contribution is -0.161. The first-order valence-electron chi connectivity index (χ1n) is 18.0. The van der Waals surface area contributed by atoms with Crippen LogP contribution in [-0.4, -0.2) is 36.3 Å². The maximum absolute atomic E-state index is 12.2. The molecule has 0 saturated heterocycles. The zero-order chi connectivity index (χ0) is 30.2. The summed E-state index contributed by atoms with van der Waals surface area (Å²) in [6, 6.07) is 0. The van der Waals surface area contributed by atoms with Gasteiger partial charge in [0.25, 0.3) is 0 Å². The van der Waals surface area contributed by atoms with Crippen LogP contribution in [0.5, 0.6) is 0 Å². The fourth-order valence-electron chi connectivity index (χ4n) is 5.12. The molecule has 1 N–H and O–H groups in total. The Bertz CT molecular complexity index is 571. The Morgan fingerprint density at radius 1 is 0.525 bits per heavy atom. The largest absolute Gasteiger partial charge is 0.462 e. The predicted octanol–water partition coefficient (Wildman–Crippen LogP) is 10.4. The van der Waals surface area contributed by atoms with Gasteiger partial charge in [-0.05, 0) is 12.8 Å². The van der Waals surface area contributed by atoms with Crippen molar-refractivity contribution in [3.63, 3.8) is 0 Å². The molecule has 2 unspecified atom stereocenters. The highest BCUT2D eigenvalue weighted by Gasteiger charge is 2.16. The van der Waals surface area contributed by atoms with Gasteiger partial charge in [-0.1, -0.05) is 168 Å². The van der Waals surface area contributed by atoms with E-state index in [1.54, 1.807) is 0 Å². The molecule has 5 heteroatoms. The molecule has 0 fully saturated rings. The molecule has 0 amide bonds. The van der Waals surface area contributed by atoms with Crippen molar-refractivity contribution in [3.8, 4) is 0 Å². The van der Waals surface area contributed by atoms with Crippen LogP contribution >= 0.6 is 0 Å². The standard InChI is InChI=1S/C35H68O5/c1-3-5-7-9-11-13-15-17-19-21-23-25-27-29-34(37)39-32-33(31-36)40-35(38)30-28-26-24-22-20-18-16-14-12-10-8-6-4-2/h33,36H,3-32H2,1-2H3/i32D. The second kappa shape index (κ2) is 32.4. The second-order valence-electron chi connectivity index (χ2n) is 11.8. The molecular formula is C35H68O5. The fraction of sp³-hybridized carbons (Fsp3) is 0.943. The van der Waals surface area contributed by atoms with E-state index in [0.717, 1.165) is 38.5 Å². The lowest BCUT2D eigenvalue weighted by Gasteiger charge is -2.15. The topological polar surface area (TPSA) is 72.8 Å². The minimum absolute atomic E-state index is 0.262. The molecule has 5 nitrogen and oxygen atoms in total. The second-order valence-corrected chi connectivity index (χ2v) is 11.8. The smallest absolute Gasteiger partial charge is 0.306 e. The van der Waals surface area contributed by atoms with Crippen molar-refractivity contribution < 1.29 is 25.5 Å². The van der Waals surface area contributed by atoms with Crippen molar-refractivity contribution >= 4 is 11.9 Å². The van der Waals surface area contributed by atoms with Crippen molar-refractivity contribution in [1.82, 2.24) is 0 Å². The van der Waals surface area contributed by atoms with Crippen molar-refractivity contribution in [2.24, 2.45) is 0 Å². The number of ether oxygens (including phenoxy) is 2. The molecule has 0 aromatic carbocycles. The van der Waals surface area contributed by atoms with Crippen LogP contribution in [0.3, 0.4) is 0 Å². The average Bonchev–Trinajstić information content (AvgIpc) is 2.96. The molecule has 0 rings (SSSR count). The van der Waals surface area contributed by atoms with Gasteiger partial charge in [0, 0.05) is 12.8 Å². The molecular weight excluding hydrogens is 500 g/mol. The van der Waals surface area contributed by atoms with Gasteiger partial charge in [-0.15, -0.1) is 0 Å². The lowest BCUT2D eigenvalue weighted by Crippen LogP contribution is -2.28. The molecule has 0 saturated carbocycles. The van der Waals surface area contributed by atoms with Crippen LogP contribution in [0.1, 0.15) is 195 Å². The maximum Gasteiger partial charge on any atom is 0.306 e. The molecule has 0 aliphatic heterocycles. The number of esters is 2. The Hall–Kier alpha value is -1.10. The zero-order valence-corrected chi connectivity index (χ0v) is 26.7. The Balaban J connectivity index is 3.67. The molecule has 0 aliphatic carbocycles. The Morgan fingerprint density at radius 2 is 0.825 bits per heavy atom. The molecule has 238 valence electrons. The third-order valence-electron chi connectivity index (χ3n) is 7.78. The van der Waals surface area contributed by atoms with Gasteiger partial charge in [0.2, 0.25) is 0 Å². The number of carbonyl (C=O) groups excluding carboxylic acids is 2. The van der Waals surface area contributed by atoms with E-state index >= 15 is 0 Å². The first-order valence-corrected chi connectivity index (χ1v) is 17.5. The van der Waals surface area contributed by atoms with Gasteiger partial charge in [0.15, 0.2) is 6.10 Å². The summed E-state index contributed by atoms with van der Waals surface area (Å²) in [5.41, 5.74) is 0. The minimum atomic E-state index is -1.38. The Morgan fingerprint density at radius 3 is 1.15 bits per heavy atom. The van der Waals surface area contributed by atoms with Gasteiger partial charge in [0.05, 0.1) is 7.98 Å². The third-order valence-corrected chi connectivity index (χ3v) is 7.78. The lowest BCUT2D eigenvalue weighted by atomic mass is 10.0. The van der Waals surface area contributed by atoms with Crippen molar-refractivity contribution in [2.45, 2.75) is 200 Å². The SMILES string of the molecule is [2H]C(OC(=O)CCCCCCCCCCCCCCC)C(CO)OC(=O)CCCCCCCCCCCCCCC. The summed E-state index contributed by atoms with van der Waals surface area (Å²) >= 11 is 0. The van der Waals surface area contributed by atoms with Crippen molar-refractivity contribution in [2.75, 3.05) is 13.2 Å². The van der Waals surface area contributed by atoms with Crippen LogP contribution in [0.25, 0.3) is 0 Å². The molecule has 0 aromatic heterocycles. The van der Waals surface area contributed by atoms with Crippen LogP contribution < -0.4 is 0 Å². The van der Waals surface area contributed by atoms with Gasteiger partial charge in [-0.25, -0.2) is 0 Å². The van der Waals surface area contributed by atoms with Crippen molar-refractivity contribution in [3.05, 3.63) is 0 Å². The van der Waals surface area contributed by atoms with Crippen molar-refractivity contribution in [1.29, 1.82) is 0 Å². The molecule has 0 aromatic rings. The molecule has 0 spiro atoms. The van der Waals surface area contributed by atoms with E-state index < -0.39 is 31.2 Å². The van der Waals surface area contributed by atoms with Crippen LogP contribution in [0.2, 0.25) is 0 Å². The average molecular weight is 570 g/mol. The number of carbonyl (C=O) groups is 2.